The van der Waals surface area contributed by atoms with E-state index in [9.17, 15) is 14.0 Å². The molecule has 0 spiro atoms. The van der Waals surface area contributed by atoms with Gasteiger partial charge in [0.15, 0.2) is 5.13 Å². The number of carbonyl (C=O) groups is 2. The van der Waals surface area contributed by atoms with E-state index in [4.69, 9.17) is 4.74 Å². The van der Waals surface area contributed by atoms with Crippen molar-refractivity contribution >= 4 is 28.4 Å². The number of amides is 3. The second-order valence-corrected chi connectivity index (χ2v) is 7.59. The highest BCUT2D eigenvalue weighted by Crippen LogP contribution is 2.22. The normalized spacial score (nSPS) is 13.6. The Morgan fingerprint density at radius 2 is 2.21 bits per heavy atom. The van der Waals surface area contributed by atoms with Gasteiger partial charge in [0.2, 0.25) is 0 Å². The number of nitrogens with zero attached hydrogens (tertiary/aromatic N) is 2. The van der Waals surface area contributed by atoms with Crippen molar-refractivity contribution in [1.82, 2.24) is 15.2 Å². The average Bonchev–Trinajstić information content (AvgIpc) is 3.13. The summed E-state index contributed by atoms with van der Waals surface area (Å²) in [5.41, 5.74) is 2.04. The molecule has 29 heavy (non-hydrogen) atoms. The number of anilines is 1. The first-order valence-electron chi connectivity index (χ1n) is 9.24. The number of carbonyl (C=O) groups excluding carboxylic acids is 2. The third-order valence-corrected chi connectivity index (χ3v) is 5.24. The van der Waals surface area contributed by atoms with E-state index in [-0.39, 0.29) is 18.3 Å². The van der Waals surface area contributed by atoms with Crippen LogP contribution in [0.15, 0.2) is 41.0 Å². The second-order valence-electron chi connectivity index (χ2n) is 6.73. The van der Waals surface area contributed by atoms with Gasteiger partial charge >= 0.3 is 6.03 Å². The molecule has 1 aromatic carbocycles. The zero-order valence-electron chi connectivity index (χ0n) is 16.3. The highest BCUT2D eigenvalue weighted by molar-refractivity contribution is 7.13. The van der Waals surface area contributed by atoms with Crippen LogP contribution >= 0.6 is 11.3 Å². The predicted molar refractivity (Wildman–Crippen MR) is 109 cm³/mol. The van der Waals surface area contributed by atoms with Crippen LogP contribution in [-0.2, 0) is 22.6 Å². The highest BCUT2D eigenvalue weighted by atomic mass is 32.1. The predicted octanol–water partition coefficient (Wildman–Crippen LogP) is 3.65. The lowest BCUT2D eigenvalue weighted by atomic mass is 10.1. The number of benzene rings is 1. The Labute approximate surface area is 172 Å². The van der Waals surface area contributed by atoms with Gasteiger partial charge in [0.1, 0.15) is 11.6 Å². The van der Waals surface area contributed by atoms with Gasteiger partial charge in [-0.2, -0.15) is 0 Å². The molecule has 1 aromatic heterocycles. The lowest BCUT2D eigenvalue weighted by Gasteiger charge is -2.23. The van der Waals surface area contributed by atoms with Crippen molar-refractivity contribution in [2.45, 2.75) is 32.9 Å². The number of hydrogen-bond donors (Lipinski definition) is 2. The summed E-state index contributed by atoms with van der Waals surface area (Å²) in [6.07, 6.45) is 1.55. The molecular formula is C20H23FN4O3S. The van der Waals surface area contributed by atoms with Gasteiger partial charge in [-0.15, -0.1) is 11.3 Å². The van der Waals surface area contributed by atoms with Crippen LogP contribution in [0.4, 0.5) is 14.3 Å². The molecule has 0 atom stereocenters. The fraction of sp³-hybridized carbons (Fsp3) is 0.350. The lowest BCUT2D eigenvalue weighted by Crippen LogP contribution is -2.30. The summed E-state index contributed by atoms with van der Waals surface area (Å²) < 4.78 is 18.6. The van der Waals surface area contributed by atoms with Crippen molar-refractivity contribution in [1.29, 1.82) is 0 Å². The summed E-state index contributed by atoms with van der Waals surface area (Å²) >= 11 is 1.27. The van der Waals surface area contributed by atoms with Gasteiger partial charge in [-0.25, -0.2) is 14.2 Å². The Morgan fingerprint density at radius 1 is 1.38 bits per heavy atom. The summed E-state index contributed by atoms with van der Waals surface area (Å²) in [5.74, 6) is 0.264. The quantitative estimate of drug-likeness (QED) is 0.750. The van der Waals surface area contributed by atoms with Crippen LogP contribution in [-0.4, -0.2) is 35.5 Å². The molecule has 9 heteroatoms. The number of rotatable bonds is 6. The maximum absolute atomic E-state index is 13.2. The fourth-order valence-corrected chi connectivity index (χ4v) is 3.64. The molecule has 2 N–H and O–H groups in total. The Kier molecular flexibility index (Phi) is 6.82. The van der Waals surface area contributed by atoms with Crippen molar-refractivity contribution in [2.75, 3.05) is 19.0 Å². The first-order valence-corrected chi connectivity index (χ1v) is 10.1. The van der Waals surface area contributed by atoms with E-state index in [0.29, 0.717) is 47.3 Å². The van der Waals surface area contributed by atoms with Gasteiger partial charge in [0, 0.05) is 19.0 Å². The molecule has 154 valence electrons. The number of ether oxygens (including phenoxy) is 1. The topological polar surface area (TPSA) is 83.6 Å². The number of likely N-dealkylation sites (N-methyl/N-ethyl adjacent to an activating group) is 1. The fourth-order valence-electron chi connectivity index (χ4n) is 2.95. The van der Waals surface area contributed by atoms with Gasteiger partial charge in [-0.1, -0.05) is 12.1 Å². The van der Waals surface area contributed by atoms with Crippen molar-refractivity contribution in [3.63, 3.8) is 0 Å². The lowest BCUT2D eigenvalue weighted by molar-refractivity contribution is -0.127. The zero-order chi connectivity index (χ0) is 20.8. The van der Waals surface area contributed by atoms with Gasteiger partial charge < -0.3 is 15.0 Å². The minimum Gasteiger partial charge on any atom is -0.498 e. The summed E-state index contributed by atoms with van der Waals surface area (Å²) in [7, 11) is 1.72. The van der Waals surface area contributed by atoms with E-state index in [1.807, 2.05) is 6.92 Å². The molecular weight excluding hydrogens is 395 g/mol. The van der Waals surface area contributed by atoms with Gasteiger partial charge in [0.25, 0.3) is 5.91 Å². The molecule has 0 bridgehead atoms. The molecule has 3 amide bonds. The second kappa shape index (κ2) is 9.51. The zero-order valence-corrected chi connectivity index (χ0v) is 17.1. The Balaban J connectivity index is 1.51. The minimum atomic E-state index is -0.431. The van der Waals surface area contributed by atoms with Crippen molar-refractivity contribution in [3.8, 4) is 0 Å². The number of halogens is 1. The Morgan fingerprint density at radius 3 is 2.97 bits per heavy atom. The van der Waals surface area contributed by atoms with Gasteiger partial charge in [0.05, 0.1) is 24.4 Å². The number of nitrogens with one attached hydrogen (secondary N) is 2. The van der Waals surface area contributed by atoms with E-state index in [0.717, 1.165) is 6.42 Å². The third-order valence-electron chi connectivity index (χ3n) is 4.43. The van der Waals surface area contributed by atoms with Crippen LogP contribution < -0.4 is 10.6 Å². The number of hydrogen-bond acceptors (Lipinski definition) is 5. The van der Waals surface area contributed by atoms with Gasteiger partial charge in [-0.05, 0) is 37.5 Å². The molecule has 7 nitrogen and oxygen atoms in total. The minimum absolute atomic E-state index is 0.0717. The molecule has 0 radical (unpaired) electrons. The maximum Gasteiger partial charge on any atom is 0.321 e. The Hall–Kier alpha value is -2.94. The standard InChI is InChI=1S/C20H23FN4O3S/c1-13-17(7-4-8-28-13)18(26)25(2)11-16-12-29-20(23-16)24-19(27)22-10-14-5-3-6-15(21)9-14/h3,5-6,9,12H,4,7-8,10-11H2,1-2H3,(H2,22,23,24,27). The molecule has 0 saturated heterocycles. The van der Waals surface area contributed by atoms with E-state index in [2.05, 4.69) is 15.6 Å². The summed E-state index contributed by atoms with van der Waals surface area (Å²) in [6.45, 7) is 3.00. The molecule has 0 unspecified atom stereocenters. The van der Waals surface area contributed by atoms with Crippen LogP contribution in [0.3, 0.4) is 0 Å². The number of urea groups is 1. The van der Waals surface area contributed by atoms with Crippen LogP contribution in [0.25, 0.3) is 0 Å². The largest absolute Gasteiger partial charge is 0.498 e. The van der Waals surface area contributed by atoms with Crippen molar-refractivity contribution < 1.29 is 18.7 Å². The third kappa shape index (κ3) is 5.77. The molecule has 0 saturated carbocycles. The van der Waals surface area contributed by atoms with Crippen LogP contribution in [0.5, 0.6) is 0 Å². The summed E-state index contributed by atoms with van der Waals surface area (Å²) in [5, 5.41) is 7.53. The van der Waals surface area contributed by atoms with E-state index >= 15 is 0 Å². The van der Waals surface area contributed by atoms with Crippen molar-refractivity contribution in [2.24, 2.45) is 0 Å². The first kappa shape index (κ1) is 20.8. The van der Waals surface area contributed by atoms with Crippen molar-refractivity contribution in [3.05, 3.63) is 58.1 Å². The summed E-state index contributed by atoms with van der Waals surface area (Å²) in [6, 6.07) is 5.60. The molecule has 1 aliphatic rings. The van der Waals surface area contributed by atoms with E-state index in [1.165, 1.54) is 23.5 Å². The maximum atomic E-state index is 13.2. The molecule has 0 fully saturated rings. The SMILES string of the molecule is CC1=C(C(=O)N(C)Cc2csc(NC(=O)NCc3cccc(F)c3)n2)CCCO1. The highest BCUT2D eigenvalue weighted by Gasteiger charge is 2.21. The van der Waals surface area contributed by atoms with Crippen LogP contribution in [0, 0.1) is 5.82 Å². The monoisotopic (exact) mass is 418 g/mol. The van der Waals surface area contributed by atoms with Gasteiger partial charge in [-0.3, -0.25) is 10.1 Å². The van der Waals surface area contributed by atoms with E-state index < -0.39 is 6.03 Å². The molecule has 0 aliphatic carbocycles. The number of aromatic nitrogens is 1. The summed E-state index contributed by atoms with van der Waals surface area (Å²) in [4.78, 5) is 30.6. The first-order chi connectivity index (χ1) is 13.9. The molecule has 2 aromatic rings. The number of allylic oxidation sites excluding steroid dienone is 1. The van der Waals surface area contributed by atoms with Crippen LogP contribution in [0.2, 0.25) is 0 Å². The Bertz CT molecular complexity index is 928. The molecule has 3 rings (SSSR count). The number of thiazole rings is 1. The smallest absolute Gasteiger partial charge is 0.321 e. The van der Waals surface area contributed by atoms with Crippen LogP contribution in [0.1, 0.15) is 31.0 Å². The molecule has 1 aliphatic heterocycles. The average molecular weight is 418 g/mol. The van der Waals surface area contributed by atoms with E-state index in [1.54, 1.807) is 29.5 Å². The molecule has 2 heterocycles.